The molecule has 0 radical (unpaired) electrons. The van der Waals surface area contributed by atoms with Gasteiger partial charge in [0.15, 0.2) is 0 Å². The zero-order valence-electron chi connectivity index (χ0n) is 9.24. The molecule has 2 rings (SSSR count). The van der Waals surface area contributed by atoms with Crippen molar-refractivity contribution in [3.8, 4) is 0 Å². The lowest BCUT2D eigenvalue weighted by molar-refractivity contribution is 0.125. The molecule has 16 heavy (non-hydrogen) atoms. The molecule has 4 heteroatoms. The van der Waals surface area contributed by atoms with E-state index in [2.05, 4.69) is 34.2 Å². The second-order valence-corrected chi connectivity index (χ2v) is 4.93. The first-order chi connectivity index (χ1) is 7.70. The van der Waals surface area contributed by atoms with Gasteiger partial charge in [0.05, 0.1) is 25.4 Å². The van der Waals surface area contributed by atoms with E-state index in [0.29, 0.717) is 13.2 Å². The third kappa shape index (κ3) is 2.56. The minimum atomic E-state index is -0.409. The van der Waals surface area contributed by atoms with Crippen LogP contribution in [0.3, 0.4) is 0 Å². The fraction of sp³-hybridized carbons (Fsp3) is 0.500. The molecular formula is C12H16BrNO2. The van der Waals surface area contributed by atoms with E-state index in [-0.39, 0.29) is 6.04 Å². The van der Waals surface area contributed by atoms with Crippen LogP contribution >= 0.6 is 15.9 Å². The molecule has 1 aromatic carbocycles. The van der Waals surface area contributed by atoms with Gasteiger partial charge < -0.3 is 15.2 Å². The number of benzene rings is 1. The number of ether oxygens (including phenoxy) is 1. The average molecular weight is 286 g/mol. The smallest absolute Gasteiger partial charge is 0.0996 e. The van der Waals surface area contributed by atoms with Crippen LogP contribution in [0.5, 0.6) is 0 Å². The molecule has 0 aromatic heterocycles. The molecule has 88 valence electrons. The monoisotopic (exact) mass is 285 g/mol. The lowest BCUT2D eigenvalue weighted by Gasteiger charge is -2.18. The van der Waals surface area contributed by atoms with Gasteiger partial charge in [-0.1, -0.05) is 22.9 Å². The van der Waals surface area contributed by atoms with E-state index >= 15 is 0 Å². The van der Waals surface area contributed by atoms with E-state index < -0.39 is 6.10 Å². The van der Waals surface area contributed by atoms with Crippen molar-refractivity contribution in [2.45, 2.75) is 25.5 Å². The molecule has 0 amide bonds. The Morgan fingerprint density at radius 2 is 2.31 bits per heavy atom. The summed E-state index contributed by atoms with van der Waals surface area (Å²) in [5, 5.41) is 13.0. The van der Waals surface area contributed by atoms with Gasteiger partial charge in [0.2, 0.25) is 0 Å². The Hall–Kier alpha value is -0.580. The van der Waals surface area contributed by atoms with Crippen LogP contribution in [0.1, 0.15) is 12.5 Å². The number of aliphatic hydroxyl groups excluding tert-OH is 1. The number of aryl methyl sites for hydroxylation is 1. The first-order valence-electron chi connectivity index (χ1n) is 5.51. The van der Waals surface area contributed by atoms with Gasteiger partial charge in [-0.3, -0.25) is 0 Å². The molecule has 3 nitrogen and oxygen atoms in total. The maximum atomic E-state index is 9.67. The van der Waals surface area contributed by atoms with Crippen LogP contribution in [0.4, 0.5) is 5.69 Å². The van der Waals surface area contributed by atoms with Gasteiger partial charge in [-0.15, -0.1) is 0 Å². The lowest BCUT2D eigenvalue weighted by Crippen LogP contribution is -2.32. The Bertz CT molecular complexity index is 370. The van der Waals surface area contributed by atoms with Crippen LogP contribution in [0.2, 0.25) is 0 Å². The van der Waals surface area contributed by atoms with Crippen molar-refractivity contribution in [1.82, 2.24) is 0 Å². The second-order valence-electron chi connectivity index (χ2n) is 4.01. The van der Waals surface area contributed by atoms with E-state index in [1.165, 1.54) is 5.56 Å². The lowest BCUT2D eigenvalue weighted by atomic mass is 10.1. The van der Waals surface area contributed by atoms with E-state index in [0.717, 1.165) is 16.6 Å². The first kappa shape index (κ1) is 11.9. The number of hydrogen-bond acceptors (Lipinski definition) is 3. The van der Waals surface area contributed by atoms with Gasteiger partial charge >= 0.3 is 0 Å². The van der Waals surface area contributed by atoms with Gasteiger partial charge in [0.25, 0.3) is 0 Å². The van der Waals surface area contributed by atoms with Crippen molar-refractivity contribution in [2.75, 3.05) is 18.5 Å². The molecule has 1 heterocycles. The fourth-order valence-corrected chi connectivity index (χ4v) is 2.28. The first-order valence-corrected chi connectivity index (χ1v) is 6.30. The zero-order chi connectivity index (χ0) is 11.5. The average Bonchev–Trinajstić information content (AvgIpc) is 2.67. The van der Waals surface area contributed by atoms with E-state index in [1.54, 1.807) is 0 Å². The zero-order valence-corrected chi connectivity index (χ0v) is 10.8. The molecule has 1 fully saturated rings. The second kappa shape index (κ2) is 5.17. The van der Waals surface area contributed by atoms with Crippen LogP contribution in [-0.4, -0.2) is 30.5 Å². The Balaban J connectivity index is 2.14. The normalized spacial score (nSPS) is 24.7. The van der Waals surface area contributed by atoms with Crippen molar-refractivity contribution in [2.24, 2.45) is 0 Å². The summed E-state index contributed by atoms with van der Waals surface area (Å²) in [6, 6.07) is 6.15. The third-order valence-corrected chi connectivity index (χ3v) is 3.33. The van der Waals surface area contributed by atoms with E-state index in [9.17, 15) is 5.11 Å². The summed E-state index contributed by atoms with van der Waals surface area (Å²) < 4.78 is 6.30. The standard InChI is InChI=1S/C12H16BrNO2/c1-2-8-5-9(13)3-4-10(8)14-11-6-16-7-12(11)15/h3-5,11-12,14-15H,2,6-7H2,1H3. The number of halogens is 1. The van der Waals surface area contributed by atoms with Crippen LogP contribution in [0, 0.1) is 0 Å². The maximum Gasteiger partial charge on any atom is 0.0996 e. The number of rotatable bonds is 3. The molecule has 1 aliphatic rings. The van der Waals surface area contributed by atoms with Gasteiger partial charge in [-0.05, 0) is 30.2 Å². The summed E-state index contributed by atoms with van der Waals surface area (Å²) in [4.78, 5) is 0. The van der Waals surface area contributed by atoms with Crippen molar-refractivity contribution >= 4 is 21.6 Å². The van der Waals surface area contributed by atoms with Crippen LogP contribution < -0.4 is 5.32 Å². The van der Waals surface area contributed by atoms with Crippen LogP contribution in [-0.2, 0) is 11.2 Å². The highest BCUT2D eigenvalue weighted by molar-refractivity contribution is 9.10. The topological polar surface area (TPSA) is 41.5 Å². The van der Waals surface area contributed by atoms with Crippen molar-refractivity contribution in [1.29, 1.82) is 0 Å². The molecule has 1 aliphatic heterocycles. The highest BCUT2D eigenvalue weighted by Gasteiger charge is 2.26. The van der Waals surface area contributed by atoms with Crippen molar-refractivity contribution in [3.05, 3.63) is 28.2 Å². The van der Waals surface area contributed by atoms with E-state index in [4.69, 9.17) is 4.74 Å². The molecule has 1 saturated heterocycles. The predicted octanol–water partition coefficient (Wildman–Crippen LogP) is 2.18. The summed E-state index contributed by atoms with van der Waals surface area (Å²) in [7, 11) is 0. The van der Waals surface area contributed by atoms with E-state index in [1.807, 2.05) is 12.1 Å². The molecular weight excluding hydrogens is 270 g/mol. The van der Waals surface area contributed by atoms with Crippen LogP contribution in [0.25, 0.3) is 0 Å². The number of aliphatic hydroxyl groups is 1. The third-order valence-electron chi connectivity index (χ3n) is 2.84. The molecule has 1 aromatic rings. The number of nitrogens with one attached hydrogen (secondary N) is 1. The number of hydrogen-bond donors (Lipinski definition) is 2. The highest BCUT2D eigenvalue weighted by Crippen LogP contribution is 2.23. The molecule has 2 atom stereocenters. The number of anilines is 1. The van der Waals surface area contributed by atoms with Gasteiger partial charge in [0, 0.05) is 10.2 Å². The Labute approximate surface area is 104 Å². The molecule has 0 spiro atoms. The molecule has 0 saturated carbocycles. The quantitative estimate of drug-likeness (QED) is 0.895. The molecule has 2 N–H and O–H groups in total. The summed E-state index contributed by atoms with van der Waals surface area (Å²) in [5.74, 6) is 0. The molecule has 0 bridgehead atoms. The fourth-order valence-electron chi connectivity index (χ4n) is 1.88. The minimum absolute atomic E-state index is 0.00600. The Morgan fingerprint density at radius 3 is 2.94 bits per heavy atom. The highest BCUT2D eigenvalue weighted by atomic mass is 79.9. The largest absolute Gasteiger partial charge is 0.388 e. The Morgan fingerprint density at radius 1 is 1.50 bits per heavy atom. The summed E-state index contributed by atoms with van der Waals surface area (Å²) in [6.07, 6.45) is 0.555. The summed E-state index contributed by atoms with van der Waals surface area (Å²) >= 11 is 3.46. The van der Waals surface area contributed by atoms with Gasteiger partial charge in [0.1, 0.15) is 0 Å². The predicted molar refractivity (Wildman–Crippen MR) is 67.8 cm³/mol. The van der Waals surface area contributed by atoms with Crippen molar-refractivity contribution in [3.63, 3.8) is 0 Å². The minimum Gasteiger partial charge on any atom is -0.388 e. The summed E-state index contributed by atoms with van der Waals surface area (Å²) in [6.45, 7) is 3.12. The van der Waals surface area contributed by atoms with Crippen LogP contribution in [0.15, 0.2) is 22.7 Å². The van der Waals surface area contributed by atoms with Crippen molar-refractivity contribution < 1.29 is 9.84 Å². The van der Waals surface area contributed by atoms with Gasteiger partial charge in [-0.25, -0.2) is 0 Å². The molecule has 2 unspecified atom stereocenters. The molecule has 0 aliphatic carbocycles. The van der Waals surface area contributed by atoms with Gasteiger partial charge in [-0.2, -0.15) is 0 Å². The summed E-state index contributed by atoms with van der Waals surface area (Å²) in [5.41, 5.74) is 2.33. The SMILES string of the molecule is CCc1cc(Br)ccc1NC1COCC1O. The maximum absolute atomic E-state index is 9.67. The Kier molecular flexibility index (Phi) is 3.84.